The molecule has 2 heterocycles. The highest BCUT2D eigenvalue weighted by atomic mass is 19.1. The highest BCUT2D eigenvalue weighted by molar-refractivity contribution is 5.97. The van der Waals surface area contributed by atoms with E-state index in [9.17, 15) is 9.18 Å². The SMILES string of the molecule is CC(=O)c1cc(F)ccc1-n1nccc1Cn1cc(C#N)cn1. The number of aromatic nitrogens is 4. The Morgan fingerprint density at radius 2 is 2.17 bits per heavy atom. The Balaban J connectivity index is 2.01. The lowest BCUT2D eigenvalue weighted by atomic mass is 10.1. The molecule has 0 atom stereocenters. The van der Waals surface area contributed by atoms with E-state index < -0.39 is 5.82 Å². The number of ketones is 1. The van der Waals surface area contributed by atoms with Gasteiger partial charge in [-0.3, -0.25) is 9.48 Å². The summed E-state index contributed by atoms with van der Waals surface area (Å²) in [6, 6.07) is 7.80. The monoisotopic (exact) mass is 309 g/mol. The lowest BCUT2D eigenvalue weighted by Gasteiger charge is -2.11. The summed E-state index contributed by atoms with van der Waals surface area (Å²) in [7, 11) is 0. The Bertz CT molecular complexity index is 919. The van der Waals surface area contributed by atoms with Crippen LogP contribution in [0, 0.1) is 17.1 Å². The molecule has 0 amide bonds. The average Bonchev–Trinajstić information content (AvgIpc) is 3.17. The van der Waals surface area contributed by atoms with Crippen molar-refractivity contribution < 1.29 is 9.18 Å². The zero-order valence-electron chi connectivity index (χ0n) is 12.3. The summed E-state index contributed by atoms with van der Waals surface area (Å²) in [6.07, 6.45) is 4.69. The molecule has 0 saturated carbocycles. The third kappa shape index (κ3) is 2.87. The number of nitrogens with zero attached hydrogens (tertiary/aromatic N) is 5. The quantitative estimate of drug-likeness (QED) is 0.693. The van der Waals surface area contributed by atoms with Gasteiger partial charge in [-0.15, -0.1) is 0 Å². The van der Waals surface area contributed by atoms with Gasteiger partial charge in [0.1, 0.15) is 11.9 Å². The van der Waals surface area contributed by atoms with Gasteiger partial charge in [0.05, 0.1) is 29.7 Å². The van der Waals surface area contributed by atoms with Crippen LogP contribution in [0.3, 0.4) is 0 Å². The summed E-state index contributed by atoms with van der Waals surface area (Å²) >= 11 is 0. The smallest absolute Gasteiger partial charge is 0.162 e. The van der Waals surface area contributed by atoms with E-state index in [0.29, 0.717) is 17.8 Å². The molecule has 2 aromatic heterocycles. The van der Waals surface area contributed by atoms with Crippen molar-refractivity contribution in [1.82, 2.24) is 19.6 Å². The minimum Gasteiger partial charge on any atom is -0.294 e. The second-order valence-electron chi connectivity index (χ2n) is 4.99. The lowest BCUT2D eigenvalue weighted by Crippen LogP contribution is -2.11. The predicted molar refractivity (Wildman–Crippen MR) is 79.6 cm³/mol. The Labute approximate surface area is 131 Å². The van der Waals surface area contributed by atoms with Gasteiger partial charge in [-0.1, -0.05) is 0 Å². The molecule has 0 N–H and O–H groups in total. The molecular weight excluding hydrogens is 297 g/mol. The second kappa shape index (κ2) is 5.85. The van der Waals surface area contributed by atoms with Crippen LogP contribution in [0.4, 0.5) is 4.39 Å². The minimum atomic E-state index is -0.474. The van der Waals surface area contributed by atoms with Crippen molar-refractivity contribution in [1.29, 1.82) is 5.26 Å². The van der Waals surface area contributed by atoms with Gasteiger partial charge in [-0.2, -0.15) is 15.5 Å². The van der Waals surface area contributed by atoms with E-state index in [1.807, 2.05) is 6.07 Å². The molecule has 0 radical (unpaired) electrons. The molecule has 1 aromatic carbocycles. The Morgan fingerprint density at radius 3 is 2.87 bits per heavy atom. The van der Waals surface area contributed by atoms with Gasteiger partial charge < -0.3 is 0 Å². The Hall–Kier alpha value is -3.27. The number of hydrogen-bond acceptors (Lipinski definition) is 4. The van der Waals surface area contributed by atoms with Crippen LogP contribution in [0.1, 0.15) is 28.5 Å². The first kappa shape index (κ1) is 14.7. The second-order valence-corrected chi connectivity index (χ2v) is 4.99. The van der Waals surface area contributed by atoms with Crippen LogP contribution in [0.2, 0.25) is 0 Å². The van der Waals surface area contributed by atoms with Crippen LogP contribution in [0.5, 0.6) is 0 Å². The van der Waals surface area contributed by atoms with E-state index in [1.54, 1.807) is 27.8 Å². The van der Waals surface area contributed by atoms with Gasteiger partial charge in [0.25, 0.3) is 0 Å². The molecular formula is C16H12FN5O. The first-order chi connectivity index (χ1) is 11.1. The van der Waals surface area contributed by atoms with Crippen molar-refractivity contribution in [2.45, 2.75) is 13.5 Å². The summed E-state index contributed by atoms with van der Waals surface area (Å²) in [5.74, 6) is -0.717. The van der Waals surface area contributed by atoms with Gasteiger partial charge in [0.15, 0.2) is 5.78 Å². The Morgan fingerprint density at radius 1 is 1.35 bits per heavy atom. The van der Waals surface area contributed by atoms with E-state index in [-0.39, 0.29) is 11.3 Å². The molecule has 23 heavy (non-hydrogen) atoms. The van der Waals surface area contributed by atoms with Crippen molar-refractivity contribution in [2.24, 2.45) is 0 Å². The van der Waals surface area contributed by atoms with E-state index in [4.69, 9.17) is 5.26 Å². The van der Waals surface area contributed by atoms with Crippen LogP contribution in [-0.4, -0.2) is 25.3 Å². The highest BCUT2D eigenvalue weighted by Gasteiger charge is 2.14. The summed E-state index contributed by atoms with van der Waals surface area (Å²) in [4.78, 5) is 11.8. The molecule has 0 spiro atoms. The molecule has 3 rings (SSSR count). The van der Waals surface area contributed by atoms with Crippen molar-refractivity contribution in [3.8, 4) is 11.8 Å². The summed E-state index contributed by atoms with van der Waals surface area (Å²) in [5, 5.41) is 17.2. The summed E-state index contributed by atoms with van der Waals surface area (Å²) < 4.78 is 16.6. The normalized spacial score (nSPS) is 10.5. The molecule has 0 saturated heterocycles. The maximum Gasteiger partial charge on any atom is 0.162 e. The molecule has 0 unspecified atom stereocenters. The summed E-state index contributed by atoms with van der Waals surface area (Å²) in [5.41, 5.74) is 1.98. The number of nitriles is 1. The Kier molecular flexibility index (Phi) is 3.73. The number of carbonyl (C=O) groups is 1. The third-order valence-corrected chi connectivity index (χ3v) is 3.37. The average molecular weight is 309 g/mol. The van der Waals surface area contributed by atoms with Gasteiger partial charge in [0, 0.05) is 18.0 Å². The minimum absolute atomic E-state index is 0.244. The zero-order chi connectivity index (χ0) is 16.4. The van der Waals surface area contributed by atoms with Crippen LogP contribution in [0.25, 0.3) is 5.69 Å². The number of halogens is 1. The van der Waals surface area contributed by atoms with E-state index >= 15 is 0 Å². The molecule has 7 heteroatoms. The number of hydrogen-bond donors (Lipinski definition) is 0. The van der Waals surface area contributed by atoms with Crippen molar-refractivity contribution >= 4 is 5.78 Å². The van der Waals surface area contributed by atoms with Crippen molar-refractivity contribution in [3.05, 3.63) is 65.5 Å². The molecule has 0 aliphatic heterocycles. The number of Topliss-reactive ketones (excluding diaryl/α,β-unsaturated/α-hetero) is 1. The predicted octanol–water partition coefficient (Wildman–Crippen LogP) is 2.33. The first-order valence-corrected chi connectivity index (χ1v) is 6.85. The first-order valence-electron chi connectivity index (χ1n) is 6.85. The van der Waals surface area contributed by atoms with Gasteiger partial charge in [-0.25, -0.2) is 9.07 Å². The maximum absolute atomic E-state index is 13.4. The molecule has 0 fully saturated rings. The topological polar surface area (TPSA) is 76.5 Å². The van der Waals surface area contributed by atoms with Crippen LogP contribution < -0.4 is 0 Å². The molecule has 0 aliphatic carbocycles. The van der Waals surface area contributed by atoms with Crippen molar-refractivity contribution in [2.75, 3.05) is 0 Å². The van der Waals surface area contributed by atoms with Gasteiger partial charge in [0.2, 0.25) is 0 Å². The van der Waals surface area contributed by atoms with Crippen molar-refractivity contribution in [3.63, 3.8) is 0 Å². The van der Waals surface area contributed by atoms with Crippen LogP contribution in [-0.2, 0) is 6.54 Å². The van der Waals surface area contributed by atoms with E-state index in [2.05, 4.69) is 10.2 Å². The fourth-order valence-electron chi connectivity index (χ4n) is 2.32. The molecule has 0 aliphatic rings. The standard InChI is InChI=1S/C16H12FN5O/c1-11(23)15-6-13(17)2-3-16(15)22-14(4-5-19-22)10-21-9-12(7-18)8-20-21/h2-6,8-9H,10H2,1H3. The number of rotatable bonds is 4. The molecule has 0 bridgehead atoms. The number of carbonyl (C=O) groups excluding carboxylic acids is 1. The maximum atomic E-state index is 13.4. The van der Waals surface area contributed by atoms with E-state index in [0.717, 1.165) is 5.69 Å². The zero-order valence-corrected chi connectivity index (χ0v) is 12.3. The highest BCUT2D eigenvalue weighted by Crippen LogP contribution is 2.19. The molecule has 3 aromatic rings. The van der Waals surface area contributed by atoms with Gasteiger partial charge in [-0.05, 0) is 31.2 Å². The van der Waals surface area contributed by atoms with Crippen LogP contribution in [0.15, 0.2) is 42.9 Å². The van der Waals surface area contributed by atoms with Gasteiger partial charge >= 0.3 is 0 Å². The fraction of sp³-hybridized carbons (Fsp3) is 0.125. The molecule has 114 valence electrons. The van der Waals surface area contributed by atoms with Crippen LogP contribution >= 0.6 is 0 Å². The fourth-order valence-corrected chi connectivity index (χ4v) is 2.32. The number of benzene rings is 1. The largest absolute Gasteiger partial charge is 0.294 e. The molecule has 6 nitrogen and oxygen atoms in total. The third-order valence-electron chi connectivity index (χ3n) is 3.37. The lowest BCUT2D eigenvalue weighted by molar-refractivity contribution is 0.101. The summed E-state index contributed by atoms with van der Waals surface area (Å²) in [6.45, 7) is 1.75. The van der Waals surface area contributed by atoms with E-state index in [1.165, 1.54) is 31.3 Å².